The van der Waals surface area contributed by atoms with Crippen LogP contribution in [0.25, 0.3) is 16.7 Å². The molecule has 0 nitrogen and oxygen atoms in total. The van der Waals surface area contributed by atoms with E-state index in [1.807, 2.05) is 0 Å². The van der Waals surface area contributed by atoms with Crippen LogP contribution >= 0.6 is 0 Å². The monoisotopic (exact) mass is 264 g/mol. The fourth-order valence-electron chi connectivity index (χ4n) is 2.25. The van der Waals surface area contributed by atoms with Crippen LogP contribution in [0.15, 0.2) is 55.1 Å². The van der Waals surface area contributed by atoms with Gasteiger partial charge in [-0.05, 0) is 47.9 Å². The van der Waals surface area contributed by atoms with Gasteiger partial charge in [-0.3, -0.25) is 0 Å². The van der Waals surface area contributed by atoms with Crippen molar-refractivity contribution in [2.45, 2.75) is 33.6 Å². The molecule has 0 heteroatoms. The second kappa shape index (κ2) is 6.56. The van der Waals surface area contributed by atoms with Crippen LogP contribution < -0.4 is 0 Å². The summed E-state index contributed by atoms with van der Waals surface area (Å²) in [6, 6.07) is 17.4. The molecule has 2 aromatic carbocycles. The van der Waals surface area contributed by atoms with Crippen LogP contribution in [0.2, 0.25) is 0 Å². The topological polar surface area (TPSA) is 0 Å². The molecule has 0 saturated heterocycles. The summed E-state index contributed by atoms with van der Waals surface area (Å²) in [5, 5.41) is 0. The molecule has 2 aromatic rings. The fourth-order valence-corrected chi connectivity index (χ4v) is 2.25. The zero-order valence-electron chi connectivity index (χ0n) is 12.8. The Bertz CT molecular complexity index is 556. The fraction of sp³-hybridized carbons (Fsp3) is 0.300. The number of allylic oxidation sites excluding steroid dienone is 1. The minimum atomic E-state index is 0.735. The maximum absolute atomic E-state index is 4.21. The van der Waals surface area contributed by atoms with Crippen molar-refractivity contribution in [2.24, 2.45) is 5.92 Å². The third-order valence-corrected chi connectivity index (χ3v) is 3.70. The highest BCUT2D eigenvalue weighted by molar-refractivity contribution is 5.69. The van der Waals surface area contributed by atoms with E-state index in [0.29, 0.717) is 0 Å². The van der Waals surface area contributed by atoms with Gasteiger partial charge in [0.15, 0.2) is 0 Å². The highest BCUT2D eigenvalue weighted by Crippen LogP contribution is 2.25. The summed E-state index contributed by atoms with van der Waals surface area (Å²) in [6.45, 7) is 10.8. The van der Waals surface area contributed by atoms with Gasteiger partial charge in [0, 0.05) is 0 Å². The molecule has 0 atom stereocenters. The van der Waals surface area contributed by atoms with Crippen LogP contribution in [0.1, 0.15) is 37.8 Å². The Morgan fingerprint density at radius 2 is 1.40 bits per heavy atom. The standard InChI is InChI=1S/C20H24/c1-15(2)5-8-17(4)18-11-13-20(14-12-18)19-9-6-16(3)7-10-19/h6-7,9-15H,4-5,8H2,1-3H3. The summed E-state index contributed by atoms with van der Waals surface area (Å²) >= 11 is 0. The van der Waals surface area contributed by atoms with E-state index in [1.54, 1.807) is 0 Å². The van der Waals surface area contributed by atoms with Crippen molar-refractivity contribution >= 4 is 5.57 Å². The maximum atomic E-state index is 4.21. The van der Waals surface area contributed by atoms with Crippen LogP contribution in [0.3, 0.4) is 0 Å². The van der Waals surface area contributed by atoms with Gasteiger partial charge in [0.1, 0.15) is 0 Å². The predicted molar refractivity (Wildman–Crippen MR) is 89.7 cm³/mol. The Balaban J connectivity index is 2.10. The molecular weight excluding hydrogens is 240 g/mol. The smallest absolute Gasteiger partial charge is 0.0184 e. The molecule has 0 saturated carbocycles. The second-order valence-corrected chi connectivity index (χ2v) is 5.98. The maximum Gasteiger partial charge on any atom is -0.0184 e. The molecule has 0 fully saturated rings. The molecule has 0 aromatic heterocycles. The first kappa shape index (κ1) is 14.6. The van der Waals surface area contributed by atoms with Gasteiger partial charge < -0.3 is 0 Å². The quantitative estimate of drug-likeness (QED) is 0.611. The lowest BCUT2D eigenvalue weighted by atomic mass is 9.96. The first-order chi connectivity index (χ1) is 9.56. The molecule has 0 aliphatic heterocycles. The van der Waals surface area contributed by atoms with Crippen LogP contribution in [-0.4, -0.2) is 0 Å². The van der Waals surface area contributed by atoms with Gasteiger partial charge >= 0.3 is 0 Å². The first-order valence-corrected chi connectivity index (χ1v) is 7.41. The molecular formula is C20H24. The molecule has 0 bridgehead atoms. The van der Waals surface area contributed by atoms with E-state index in [-0.39, 0.29) is 0 Å². The molecule has 104 valence electrons. The molecule has 0 unspecified atom stereocenters. The first-order valence-electron chi connectivity index (χ1n) is 7.41. The van der Waals surface area contributed by atoms with Crippen LogP contribution in [0.4, 0.5) is 0 Å². The van der Waals surface area contributed by atoms with Crippen molar-refractivity contribution in [3.63, 3.8) is 0 Å². The van der Waals surface area contributed by atoms with Gasteiger partial charge in [-0.25, -0.2) is 0 Å². The van der Waals surface area contributed by atoms with E-state index in [1.165, 1.54) is 34.2 Å². The molecule has 0 amide bonds. The lowest BCUT2D eigenvalue weighted by molar-refractivity contribution is 0.599. The van der Waals surface area contributed by atoms with Gasteiger partial charge in [-0.15, -0.1) is 0 Å². The molecule has 2 rings (SSSR count). The molecule has 0 spiro atoms. The lowest BCUT2D eigenvalue weighted by Gasteiger charge is -2.09. The summed E-state index contributed by atoms with van der Waals surface area (Å²) in [5.74, 6) is 0.735. The SMILES string of the molecule is C=C(CCC(C)C)c1ccc(-c2ccc(C)cc2)cc1. The Morgan fingerprint density at radius 1 is 0.900 bits per heavy atom. The van der Waals surface area contributed by atoms with E-state index in [0.717, 1.165) is 12.3 Å². The van der Waals surface area contributed by atoms with Crippen molar-refractivity contribution in [1.82, 2.24) is 0 Å². The van der Waals surface area contributed by atoms with E-state index in [4.69, 9.17) is 0 Å². The molecule has 0 aliphatic carbocycles. The molecule has 0 radical (unpaired) electrons. The Morgan fingerprint density at radius 3 is 1.90 bits per heavy atom. The van der Waals surface area contributed by atoms with E-state index in [2.05, 4.69) is 75.9 Å². The predicted octanol–water partition coefficient (Wildman–Crippen LogP) is 6.11. The normalized spacial score (nSPS) is 10.8. The van der Waals surface area contributed by atoms with Crippen molar-refractivity contribution < 1.29 is 0 Å². The number of benzene rings is 2. The van der Waals surface area contributed by atoms with E-state index < -0.39 is 0 Å². The van der Waals surface area contributed by atoms with Gasteiger partial charge in [-0.2, -0.15) is 0 Å². The second-order valence-electron chi connectivity index (χ2n) is 5.98. The van der Waals surface area contributed by atoms with Crippen molar-refractivity contribution in [3.8, 4) is 11.1 Å². The minimum Gasteiger partial charge on any atom is -0.0952 e. The number of aryl methyl sites for hydroxylation is 1. The summed E-state index contributed by atoms with van der Waals surface area (Å²) in [7, 11) is 0. The van der Waals surface area contributed by atoms with Crippen LogP contribution in [-0.2, 0) is 0 Å². The Kier molecular flexibility index (Phi) is 4.79. The number of rotatable bonds is 5. The largest absolute Gasteiger partial charge is 0.0952 e. The molecule has 20 heavy (non-hydrogen) atoms. The van der Waals surface area contributed by atoms with Crippen molar-refractivity contribution in [2.75, 3.05) is 0 Å². The average molecular weight is 264 g/mol. The minimum absolute atomic E-state index is 0.735. The third kappa shape index (κ3) is 3.84. The van der Waals surface area contributed by atoms with Crippen LogP contribution in [0.5, 0.6) is 0 Å². The molecule has 0 N–H and O–H groups in total. The average Bonchev–Trinajstić information content (AvgIpc) is 2.46. The van der Waals surface area contributed by atoms with E-state index in [9.17, 15) is 0 Å². The Labute approximate surface area is 123 Å². The highest BCUT2D eigenvalue weighted by Gasteiger charge is 2.02. The van der Waals surface area contributed by atoms with Gasteiger partial charge in [0.2, 0.25) is 0 Å². The van der Waals surface area contributed by atoms with E-state index >= 15 is 0 Å². The van der Waals surface area contributed by atoms with Gasteiger partial charge in [0.05, 0.1) is 0 Å². The molecule has 0 aliphatic rings. The third-order valence-electron chi connectivity index (χ3n) is 3.70. The Hall–Kier alpha value is -1.82. The summed E-state index contributed by atoms with van der Waals surface area (Å²) in [6.07, 6.45) is 2.29. The molecule has 0 heterocycles. The summed E-state index contributed by atoms with van der Waals surface area (Å²) in [5.41, 5.74) is 6.35. The number of hydrogen-bond donors (Lipinski definition) is 0. The van der Waals surface area contributed by atoms with Crippen LogP contribution in [0, 0.1) is 12.8 Å². The van der Waals surface area contributed by atoms with Crippen molar-refractivity contribution in [1.29, 1.82) is 0 Å². The summed E-state index contributed by atoms with van der Waals surface area (Å²) in [4.78, 5) is 0. The van der Waals surface area contributed by atoms with Crippen molar-refractivity contribution in [3.05, 3.63) is 66.2 Å². The number of hydrogen-bond acceptors (Lipinski definition) is 0. The van der Waals surface area contributed by atoms with Gasteiger partial charge in [0.25, 0.3) is 0 Å². The highest BCUT2D eigenvalue weighted by atomic mass is 14.1. The summed E-state index contributed by atoms with van der Waals surface area (Å²) < 4.78 is 0. The zero-order chi connectivity index (χ0) is 14.5. The zero-order valence-corrected chi connectivity index (χ0v) is 12.8. The van der Waals surface area contributed by atoms with Gasteiger partial charge in [-0.1, -0.05) is 74.5 Å². The lowest BCUT2D eigenvalue weighted by Crippen LogP contribution is -1.90.